The van der Waals surface area contributed by atoms with Crippen LogP contribution in [0.25, 0.3) is 0 Å². The Labute approximate surface area is 138 Å². The number of benzene rings is 1. The number of carbonyl (C=O) groups is 1. The molecule has 120 valence electrons. The molecule has 1 spiro atoms. The third-order valence-corrected chi connectivity index (χ3v) is 5.88. The Balaban J connectivity index is 0.00000144. The Morgan fingerprint density at radius 2 is 1.91 bits per heavy atom. The first kappa shape index (κ1) is 15.8. The second-order valence-corrected chi connectivity index (χ2v) is 7.16. The highest BCUT2D eigenvalue weighted by Gasteiger charge is 2.58. The van der Waals surface area contributed by atoms with Crippen molar-refractivity contribution in [3.63, 3.8) is 0 Å². The van der Waals surface area contributed by atoms with Crippen molar-refractivity contribution in [1.82, 2.24) is 10.2 Å². The summed E-state index contributed by atoms with van der Waals surface area (Å²) >= 11 is 0. The summed E-state index contributed by atoms with van der Waals surface area (Å²) in [5.74, 6) is 0.714. The number of fused-ring (bicyclic) bond motifs is 1. The van der Waals surface area contributed by atoms with Crippen molar-refractivity contribution >= 4 is 18.3 Å². The summed E-state index contributed by atoms with van der Waals surface area (Å²) in [7, 11) is 0. The van der Waals surface area contributed by atoms with Crippen molar-refractivity contribution in [1.29, 1.82) is 0 Å². The van der Waals surface area contributed by atoms with Gasteiger partial charge in [0.1, 0.15) is 0 Å². The molecular weight excluding hydrogens is 296 g/mol. The molecule has 3 aliphatic rings. The van der Waals surface area contributed by atoms with E-state index in [2.05, 4.69) is 41.4 Å². The number of nitrogens with one attached hydrogen (secondary N) is 1. The summed E-state index contributed by atoms with van der Waals surface area (Å²) in [5, 5.41) is 3.42. The van der Waals surface area contributed by atoms with Crippen LogP contribution < -0.4 is 5.32 Å². The Morgan fingerprint density at radius 1 is 1.23 bits per heavy atom. The number of rotatable bonds is 1. The Morgan fingerprint density at radius 3 is 2.64 bits per heavy atom. The van der Waals surface area contributed by atoms with E-state index in [1.54, 1.807) is 0 Å². The molecule has 2 atom stereocenters. The van der Waals surface area contributed by atoms with Gasteiger partial charge < -0.3 is 10.2 Å². The standard InChI is InChI=1S/C18H24N2O.ClH/c1-13-10-14-4-2-3-5-15(14)12-20(13)17(21)16-11-18(16)6-8-19-9-7-18;/h2-5,13,16,19H,6-12H2,1H3;1H. The predicted molar refractivity (Wildman–Crippen MR) is 90.0 cm³/mol. The molecule has 3 nitrogen and oxygen atoms in total. The number of piperidine rings is 1. The Hall–Kier alpha value is -1.06. The van der Waals surface area contributed by atoms with Crippen LogP contribution in [0, 0.1) is 11.3 Å². The van der Waals surface area contributed by atoms with Crippen LogP contribution in [0.15, 0.2) is 24.3 Å². The van der Waals surface area contributed by atoms with Gasteiger partial charge in [-0.05, 0) is 62.2 Å². The topological polar surface area (TPSA) is 32.3 Å². The van der Waals surface area contributed by atoms with Gasteiger partial charge in [-0.25, -0.2) is 0 Å². The fraction of sp³-hybridized carbons (Fsp3) is 0.611. The second kappa shape index (κ2) is 5.86. The fourth-order valence-corrected chi connectivity index (χ4v) is 4.35. The third-order valence-electron chi connectivity index (χ3n) is 5.88. The minimum atomic E-state index is 0. The third kappa shape index (κ3) is 2.55. The minimum absolute atomic E-state index is 0. The average molecular weight is 321 g/mol. The van der Waals surface area contributed by atoms with Crippen molar-refractivity contribution in [3.05, 3.63) is 35.4 Å². The smallest absolute Gasteiger partial charge is 0.226 e. The summed E-state index contributed by atoms with van der Waals surface area (Å²) in [6.07, 6.45) is 4.49. The van der Waals surface area contributed by atoms with E-state index in [0.717, 1.165) is 32.5 Å². The first-order chi connectivity index (χ1) is 10.2. The van der Waals surface area contributed by atoms with Gasteiger partial charge in [0.25, 0.3) is 0 Å². The van der Waals surface area contributed by atoms with Gasteiger partial charge in [-0.15, -0.1) is 12.4 Å². The van der Waals surface area contributed by atoms with Crippen molar-refractivity contribution in [2.75, 3.05) is 13.1 Å². The molecule has 1 aromatic rings. The molecule has 4 heteroatoms. The lowest BCUT2D eigenvalue weighted by atomic mass is 9.90. The van der Waals surface area contributed by atoms with Crippen LogP contribution in [0.1, 0.15) is 37.3 Å². The Kier molecular flexibility index (Phi) is 4.21. The summed E-state index contributed by atoms with van der Waals surface area (Å²) < 4.78 is 0. The van der Waals surface area contributed by atoms with Gasteiger partial charge in [-0.3, -0.25) is 4.79 Å². The molecule has 0 aromatic heterocycles. The summed E-state index contributed by atoms with van der Waals surface area (Å²) in [6.45, 7) is 5.18. The first-order valence-corrected chi connectivity index (χ1v) is 8.28. The Bertz CT molecular complexity index is 568. The van der Waals surface area contributed by atoms with E-state index in [4.69, 9.17) is 0 Å². The van der Waals surface area contributed by atoms with Gasteiger partial charge in [0.15, 0.2) is 0 Å². The van der Waals surface area contributed by atoms with Crippen LogP contribution in [-0.2, 0) is 17.8 Å². The average Bonchev–Trinajstić information content (AvgIpc) is 3.20. The molecule has 2 heterocycles. The van der Waals surface area contributed by atoms with Gasteiger partial charge in [0.2, 0.25) is 5.91 Å². The van der Waals surface area contributed by atoms with Gasteiger partial charge in [0, 0.05) is 18.5 Å². The molecule has 2 fully saturated rings. The molecular formula is C18H25ClN2O. The van der Waals surface area contributed by atoms with Gasteiger partial charge >= 0.3 is 0 Å². The maximum absolute atomic E-state index is 13.0. The van der Waals surface area contributed by atoms with Crippen molar-refractivity contribution < 1.29 is 4.79 Å². The van der Waals surface area contributed by atoms with E-state index in [1.807, 2.05) is 0 Å². The van der Waals surface area contributed by atoms with Crippen LogP contribution in [0.4, 0.5) is 0 Å². The minimum Gasteiger partial charge on any atom is -0.335 e. The maximum Gasteiger partial charge on any atom is 0.226 e. The SMILES string of the molecule is CC1Cc2ccccc2CN1C(=O)C1CC12CCNCC2.Cl. The molecule has 1 amide bonds. The molecule has 0 bridgehead atoms. The van der Waals surface area contributed by atoms with Crippen molar-refractivity contribution in [3.8, 4) is 0 Å². The lowest BCUT2D eigenvalue weighted by Gasteiger charge is -2.36. The summed E-state index contributed by atoms with van der Waals surface area (Å²) in [4.78, 5) is 15.1. The van der Waals surface area contributed by atoms with Crippen LogP contribution in [0.3, 0.4) is 0 Å². The summed E-state index contributed by atoms with van der Waals surface area (Å²) in [5.41, 5.74) is 3.10. The number of amides is 1. The van der Waals surface area contributed by atoms with Gasteiger partial charge in [-0.2, -0.15) is 0 Å². The summed E-state index contributed by atoms with van der Waals surface area (Å²) in [6, 6.07) is 8.91. The number of hydrogen-bond acceptors (Lipinski definition) is 2. The molecule has 1 aliphatic carbocycles. The van der Waals surface area contributed by atoms with Crippen molar-refractivity contribution in [2.24, 2.45) is 11.3 Å². The molecule has 4 rings (SSSR count). The van der Waals surface area contributed by atoms with E-state index in [-0.39, 0.29) is 12.4 Å². The van der Waals surface area contributed by atoms with Gasteiger partial charge in [0.05, 0.1) is 0 Å². The zero-order valence-corrected chi connectivity index (χ0v) is 14.0. The largest absolute Gasteiger partial charge is 0.335 e. The van der Waals surface area contributed by atoms with Crippen LogP contribution in [-0.4, -0.2) is 29.9 Å². The molecule has 1 aromatic carbocycles. The molecule has 1 saturated carbocycles. The predicted octanol–water partition coefficient (Wildman–Crippen LogP) is 2.77. The zero-order valence-electron chi connectivity index (χ0n) is 13.2. The highest BCUT2D eigenvalue weighted by Crippen LogP contribution is 2.59. The highest BCUT2D eigenvalue weighted by molar-refractivity contribution is 5.85. The van der Waals surface area contributed by atoms with Crippen LogP contribution in [0.5, 0.6) is 0 Å². The quantitative estimate of drug-likeness (QED) is 0.863. The lowest BCUT2D eigenvalue weighted by Crippen LogP contribution is -2.44. The molecule has 1 saturated heterocycles. The van der Waals surface area contributed by atoms with Crippen LogP contribution in [0.2, 0.25) is 0 Å². The first-order valence-electron chi connectivity index (χ1n) is 8.28. The van der Waals surface area contributed by atoms with E-state index in [0.29, 0.717) is 23.3 Å². The number of halogens is 1. The molecule has 2 aliphatic heterocycles. The molecule has 1 N–H and O–H groups in total. The van der Waals surface area contributed by atoms with E-state index in [9.17, 15) is 4.79 Å². The zero-order chi connectivity index (χ0) is 14.4. The lowest BCUT2D eigenvalue weighted by molar-refractivity contribution is -0.136. The van der Waals surface area contributed by atoms with Crippen molar-refractivity contribution in [2.45, 2.75) is 45.2 Å². The fourth-order valence-electron chi connectivity index (χ4n) is 4.35. The second-order valence-electron chi connectivity index (χ2n) is 7.16. The highest BCUT2D eigenvalue weighted by atomic mass is 35.5. The molecule has 22 heavy (non-hydrogen) atoms. The van der Waals surface area contributed by atoms with E-state index >= 15 is 0 Å². The van der Waals surface area contributed by atoms with E-state index < -0.39 is 0 Å². The van der Waals surface area contributed by atoms with Gasteiger partial charge in [-0.1, -0.05) is 24.3 Å². The number of hydrogen-bond donors (Lipinski definition) is 1. The normalized spacial score (nSPS) is 28.7. The van der Waals surface area contributed by atoms with E-state index in [1.165, 1.54) is 24.0 Å². The molecule has 2 unspecified atom stereocenters. The number of nitrogens with zero attached hydrogens (tertiary/aromatic N) is 1. The maximum atomic E-state index is 13.0. The number of carbonyl (C=O) groups excluding carboxylic acids is 1. The van der Waals surface area contributed by atoms with Crippen LogP contribution >= 0.6 is 12.4 Å². The monoisotopic (exact) mass is 320 g/mol. The molecule has 0 radical (unpaired) electrons.